The molecule has 0 saturated heterocycles. The fourth-order valence-electron chi connectivity index (χ4n) is 1.51. The van der Waals surface area contributed by atoms with Gasteiger partial charge in [0.25, 0.3) is 10.1 Å². The minimum Gasteiger partial charge on any atom is -0.384 e. The molecule has 1 heterocycles. The van der Waals surface area contributed by atoms with Crippen LogP contribution < -0.4 is 16.9 Å². The molecular formula is C14H20N4O3S. The molecule has 120 valence electrons. The van der Waals surface area contributed by atoms with Gasteiger partial charge in [-0.2, -0.15) is 8.42 Å². The van der Waals surface area contributed by atoms with Gasteiger partial charge in [-0.05, 0) is 32.0 Å². The average molecular weight is 324 g/mol. The number of hydrogen-bond acceptors (Lipinski definition) is 5. The van der Waals surface area contributed by atoms with Gasteiger partial charge >= 0.3 is 0 Å². The molecule has 0 radical (unpaired) electrons. The van der Waals surface area contributed by atoms with Gasteiger partial charge < -0.3 is 11.6 Å². The minimum absolute atomic E-state index is 0.0666. The van der Waals surface area contributed by atoms with E-state index in [-0.39, 0.29) is 4.90 Å². The molecule has 0 amide bonds. The van der Waals surface area contributed by atoms with E-state index < -0.39 is 10.1 Å². The highest BCUT2D eigenvalue weighted by molar-refractivity contribution is 7.85. The highest BCUT2D eigenvalue weighted by Crippen LogP contribution is 2.08. The zero-order valence-corrected chi connectivity index (χ0v) is 13.3. The predicted molar refractivity (Wildman–Crippen MR) is 86.1 cm³/mol. The maximum Gasteiger partial charge on any atom is 0.294 e. The summed E-state index contributed by atoms with van der Waals surface area (Å²) in [5, 5.41) is 0.867. The standard InChI is InChI=1S/C7H12N4.C7H8O3S/c1-2-10-6-3-4-11(9)7(8)5-6;1-6-2-4-7(5-3-6)11(8,9)10/h3-5H,2,8-9H2,1H3;2-5H,1H3,(H,8,9,10). The number of benzene rings is 1. The van der Waals surface area contributed by atoms with Crippen molar-refractivity contribution >= 4 is 15.9 Å². The van der Waals surface area contributed by atoms with Gasteiger partial charge in [0.2, 0.25) is 0 Å². The van der Waals surface area contributed by atoms with Crippen LogP contribution in [0.5, 0.6) is 0 Å². The fraction of sp³-hybridized carbons (Fsp3) is 0.214. The lowest BCUT2D eigenvalue weighted by Crippen LogP contribution is -2.17. The molecule has 7 nitrogen and oxygen atoms in total. The number of nitrogen functional groups attached to an aromatic ring is 2. The first-order valence-electron chi connectivity index (χ1n) is 6.52. The molecule has 0 fully saturated rings. The molecule has 5 N–H and O–H groups in total. The summed E-state index contributed by atoms with van der Waals surface area (Å²) >= 11 is 0. The van der Waals surface area contributed by atoms with Crippen molar-refractivity contribution in [2.24, 2.45) is 4.99 Å². The Kier molecular flexibility index (Phi) is 6.14. The monoisotopic (exact) mass is 324 g/mol. The van der Waals surface area contributed by atoms with Crippen LogP contribution in [0, 0.1) is 6.92 Å². The average Bonchev–Trinajstić information content (AvgIpc) is 2.43. The van der Waals surface area contributed by atoms with Gasteiger partial charge in [0.05, 0.1) is 10.3 Å². The number of aryl methyl sites for hydroxylation is 1. The molecule has 0 unspecified atom stereocenters. The van der Waals surface area contributed by atoms with E-state index >= 15 is 0 Å². The first-order valence-corrected chi connectivity index (χ1v) is 7.96. The Morgan fingerprint density at radius 2 is 1.82 bits per heavy atom. The van der Waals surface area contributed by atoms with Crippen molar-refractivity contribution in [2.45, 2.75) is 18.7 Å². The normalized spacial score (nSPS) is 11.7. The molecule has 8 heteroatoms. The summed E-state index contributed by atoms with van der Waals surface area (Å²) in [6.07, 6.45) is 1.68. The summed E-state index contributed by atoms with van der Waals surface area (Å²) in [7, 11) is -4.02. The molecule has 0 saturated carbocycles. The van der Waals surface area contributed by atoms with Crippen molar-refractivity contribution in [1.29, 1.82) is 0 Å². The number of rotatable bonds is 2. The predicted octanol–water partition coefficient (Wildman–Crippen LogP) is 0.946. The third kappa shape index (κ3) is 5.58. The second-order valence-electron chi connectivity index (χ2n) is 4.48. The van der Waals surface area contributed by atoms with E-state index in [1.165, 1.54) is 16.8 Å². The van der Waals surface area contributed by atoms with Gasteiger partial charge in [-0.15, -0.1) is 0 Å². The van der Waals surface area contributed by atoms with Crippen LogP contribution in [0.4, 0.5) is 5.82 Å². The molecule has 1 aromatic heterocycles. The molecule has 0 spiro atoms. The third-order valence-corrected chi connectivity index (χ3v) is 3.53. The van der Waals surface area contributed by atoms with Crippen LogP contribution in [0.25, 0.3) is 0 Å². The van der Waals surface area contributed by atoms with E-state index in [0.717, 1.165) is 17.5 Å². The second-order valence-corrected chi connectivity index (χ2v) is 5.90. The molecule has 0 bridgehead atoms. The summed E-state index contributed by atoms with van der Waals surface area (Å²) in [4.78, 5) is 4.09. The lowest BCUT2D eigenvalue weighted by Gasteiger charge is -2.00. The highest BCUT2D eigenvalue weighted by atomic mass is 32.2. The number of nitrogens with zero attached hydrogens (tertiary/aromatic N) is 2. The summed E-state index contributed by atoms with van der Waals surface area (Å²) in [5.41, 5.74) is 6.48. The Hall–Kier alpha value is -2.32. The van der Waals surface area contributed by atoms with Crippen molar-refractivity contribution in [1.82, 2.24) is 4.68 Å². The van der Waals surface area contributed by atoms with E-state index in [0.29, 0.717) is 5.82 Å². The molecule has 0 aliphatic carbocycles. The topological polar surface area (TPSA) is 124 Å². The summed E-state index contributed by atoms with van der Waals surface area (Å²) in [6, 6.07) is 9.55. The largest absolute Gasteiger partial charge is 0.384 e. The maximum atomic E-state index is 10.5. The fourth-order valence-corrected chi connectivity index (χ4v) is 1.99. The van der Waals surface area contributed by atoms with Crippen molar-refractivity contribution in [3.05, 3.63) is 53.5 Å². The molecule has 1 aromatic carbocycles. The highest BCUT2D eigenvalue weighted by Gasteiger charge is 2.06. The minimum atomic E-state index is -4.02. The lowest BCUT2D eigenvalue weighted by molar-refractivity contribution is 0.483. The van der Waals surface area contributed by atoms with E-state index in [4.69, 9.17) is 16.1 Å². The van der Waals surface area contributed by atoms with Crippen LogP contribution in [0.15, 0.2) is 52.5 Å². The Bertz CT molecular complexity index is 780. The Morgan fingerprint density at radius 1 is 1.23 bits per heavy atom. The summed E-state index contributed by atoms with van der Waals surface area (Å²) in [6.45, 7) is 4.57. The van der Waals surface area contributed by atoms with Crippen LogP contribution in [-0.2, 0) is 10.1 Å². The second kappa shape index (κ2) is 7.62. The Morgan fingerprint density at radius 3 is 2.27 bits per heavy atom. The SMILES string of the molecule is CCN=c1ccn(N)c(N)c1.Cc1ccc(S(=O)(=O)O)cc1. The first kappa shape index (κ1) is 17.7. The van der Waals surface area contributed by atoms with Crippen molar-refractivity contribution in [3.63, 3.8) is 0 Å². The number of nitrogens with two attached hydrogens (primary N) is 2. The summed E-state index contributed by atoms with van der Waals surface area (Å²) < 4.78 is 30.9. The number of anilines is 1. The Labute approximate surface area is 129 Å². The van der Waals surface area contributed by atoms with E-state index in [1.54, 1.807) is 24.4 Å². The van der Waals surface area contributed by atoms with Gasteiger partial charge in [0.15, 0.2) is 0 Å². The van der Waals surface area contributed by atoms with Crippen LogP contribution in [0.1, 0.15) is 12.5 Å². The third-order valence-electron chi connectivity index (χ3n) is 2.66. The van der Waals surface area contributed by atoms with Crippen molar-refractivity contribution < 1.29 is 13.0 Å². The van der Waals surface area contributed by atoms with E-state index in [2.05, 4.69) is 4.99 Å². The van der Waals surface area contributed by atoms with Gasteiger partial charge in [-0.1, -0.05) is 17.7 Å². The molecule has 0 aliphatic rings. The van der Waals surface area contributed by atoms with Crippen LogP contribution in [-0.4, -0.2) is 24.2 Å². The number of hydrogen-bond donors (Lipinski definition) is 3. The first-order chi connectivity index (χ1) is 10.2. The van der Waals surface area contributed by atoms with Gasteiger partial charge in [0.1, 0.15) is 5.82 Å². The van der Waals surface area contributed by atoms with E-state index in [9.17, 15) is 8.42 Å². The zero-order valence-electron chi connectivity index (χ0n) is 12.5. The smallest absolute Gasteiger partial charge is 0.294 e. The zero-order chi connectivity index (χ0) is 16.8. The maximum absolute atomic E-state index is 10.5. The summed E-state index contributed by atoms with van der Waals surface area (Å²) in [5.74, 6) is 5.95. The molecule has 2 aromatic rings. The van der Waals surface area contributed by atoms with Crippen LogP contribution in [0.2, 0.25) is 0 Å². The Balaban J connectivity index is 0.000000220. The van der Waals surface area contributed by atoms with Gasteiger partial charge in [-0.3, -0.25) is 14.2 Å². The molecule has 0 aliphatic heterocycles. The van der Waals surface area contributed by atoms with E-state index in [1.807, 2.05) is 19.9 Å². The molecular weight excluding hydrogens is 304 g/mol. The molecule has 0 atom stereocenters. The van der Waals surface area contributed by atoms with Gasteiger partial charge in [0, 0.05) is 18.8 Å². The van der Waals surface area contributed by atoms with Crippen LogP contribution >= 0.6 is 0 Å². The molecule has 22 heavy (non-hydrogen) atoms. The lowest BCUT2D eigenvalue weighted by atomic mass is 10.2. The quantitative estimate of drug-likeness (QED) is 0.560. The number of aromatic nitrogens is 1. The van der Waals surface area contributed by atoms with Crippen molar-refractivity contribution in [2.75, 3.05) is 18.1 Å². The van der Waals surface area contributed by atoms with Crippen molar-refractivity contribution in [3.8, 4) is 0 Å². The van der Waals surface area contributed by atoms with Crippen LogP contribution in [0.3, 0.4) is 0 Å². The van der Waals surface area contributed by atoms with Gasteiger partial charge in [-0.25, -0.2) is 0 Å². The number of pyridine rings is 1. The molecule has 2 rings (SSSR count).